The van der Waals surface area contributed by atoms with Gasteiger partial charge in [-0.2, -0.15) is 0 Å². The van der Waals surface area contributed by atoms with Crippen molar-refractivity contribution in [3.63, 3.8) is 0 Å². The number of thioether (sulfide) groups is 1. The van der Waals surface area contributed by atoms with Crippen LogP contribution in [0.5, 0.6) is 0 Å². The van der Waals surface area contributed by atoms with Gasteiger partial charge in [-0.3, -0.25) is 19.0 Å². The largest absolute Gasteiger partial charge is 0.462 e. The van der Waals surface area contributed by atoms with Gasteiger partial charge >= 0.3 is 5.97 Å². The van der Waals surface area contributed by atoms with Crippen molar-refractivity contribution in [2.45, 2.75) is 38.9 Å². The van der Waals surface area contributed by atoms with Crippen molar-refractivity contribution >= 4 is 56.8 Å². The van der Waals surface area contributed by atoms with Crippen molar-refractivity contribution < 1.29 is 19.1 Å². The highest BCUT2D eigenvalue weighted by atomic mass is 32.2. The van der Waals surface area contributed by atoms with Crippen LogP contribution in [0, 0.1) is 6.92 Å². The number of hydrogen-bond acceptors (Lipinski definition) is 8. The summed E-state index contributed by atoms with van der Waals surface area (Å²) in [5.41, 5.74) is 6.28. The smallest absolute Gasteiger partial charge is 0.341 e. The Hall–Kier alpha value is -3.18. The van der Waals surface area contributed by atoms with Gasteiger partial charge in [0.15, 0.2) is 5.16 Å². The Bertz CT molecular complexity index is 1280. The highest BCUT2D eigenvalue weighted by Gasteiger charge is 2.26. The van der Waals surface area contributed by atoms with Crippen LogP contribution in [0.4, 0.5) is 5.00 Å². The number of thiophene rings is 1. The fourth-order valence-corrected chi connectivity index (χ4v) is 5.15. The molecule has 0 radical (unpaired) electrons. The molecule has 3 rings (SSSR count). The zero-order chi connectivity index (χ0) is 24.1. The number of rotatable bonds is 9. The maximum atomic E-state index is 12.9. The lowest BCUT2D eigenvalue weighted by Crippen LogP contribution is -2.24. The molecule has 2 amide bonds. The van der Waals surface area contributed by atoms with Crippen LogP contribution in [-0.4, -0.2) is 39.7 Å². The minimum absolute atomic E-state index is 0.0559. The van der Waals surface area contributed by atoms with Crippen LogP contribution in [-0.2, 0) is 16.1 Å². The molecule has 3 N–H and O–H groups in total. The second kappa shape index (κ2) is 10.6. The number of primary amides is 1. The molecule has 11 heteroatoms. The first kappa shape index (κ1) is 24.5. The summed E-state index contributed by atoms with van der Waals surface area (Å²) in [5, 5.41) is 3.82. The van der Waals surface area contributed by atoms with E-state index in [1.807, 2.05) is 6.92 Å². The van der Waals surface area contributed by atoms with Crippen LogP contribution in [0.3, 0.4) is 0 Å². The molecule has 2 aromatic heterocycles. The van der Waals surface area contributed by atoms with E-state index in [2.05, 4.69) is 10.3 Å². The Balaban J connectivity index is 1.85. The highest BCUT2D eigenvalue weighted by Crippen LogP contribution is 2.33. The number of nitrogens with zero attached hydrogens (tertiary/aromatic N) is 2. The fraction of sp³-hybridized carbons (Fsp3) is 0.318. The third kappa shape index (κ3) is 5.25. The molecule has 174 valence electrons. The predicted octanol–water partition coefficient (Wildman–Crippen LogP) is 3.18. The number of aromatic nitrogens is 2. The number of fused-ring (bicyclic) bond motifs is 1. The number of anilines is 1. The average Bonchev–Trinajstić information content (AvgIpc) is 3.10. The number of carbonyl (C=O) groups excluding carboxylic acids is 3. The van der Waals surface area contributed by atoms with E-state index in [9.17, 15) is 19.2 Å². The molecule has 2 heterocycles. The molecule has 1 aromatic carbocycles. The molecule has 3 aromatic rings. The van der Waals surface area contributed by atoms with Gasteiger partial charge in [-0.15, -0.1) is 11.3 Å². The van der Waals surface area contributed by atoms with Gasteiger partial charge in [0.2, 0.25) is 5.91 Å². The quantitative estimate of drug-likeness (QED) is 0.268. The van der Waals surface area contributed by atoms with Crippen molar-refractivity contribution in [1.82, 2.24) is 9.55 Å². The molecule has 33 heavy (non-hydrogen) atoms. The molecule has 9 nitrogen and oxygen atoms in total. The first-order valence-electron chi connectivity index (χ1n) is 10.3. The second-order valence-electron chi connectivity index (χ2n) is 7.05. The van der Waals surface area contributed by atoms with Gasteiger partial charge in [0.25, 0.3) is 11.5 Å². The zero-order valence-electron chi connectivity index (χ0n) is 18.5. The number of carbonyl (C=O) groups is 3. The molecule has 0 unspecified atom stereocenters. The van der Waals surface area contributed by atoms with E-state index < -0.39 is 17.8 Å². The number of amides is 2. The lowest BCUT2D eigenvalue weighted by molar-refractivity contribution is -0.113. The second-order valence-corrected chi connectivity index (χ2v) is 9.01. The molecular formula is C22H24N4O5S2. The van der Waals surface area contributed by atoms with Crippen molar-refractivity contribution in [1.29, 1.82) is 0 Å². The van der Waals surface area contributed by atoms with Gasteiger partial charge in [0.05, 0.1) is 33.7 Å². The van der Waals surface area contributed by atoms with Gasteiger partial charge in [-0.25, -0.2) is 9.78 Å². The van der Waals surface area contributed by atoms with Gasteiger partial charge in [-0.1, -0.05) is 30.8 Å². The minimum Gasteiger partial charge on any atom is -0.462 e. The summed E-state index contributed by atoms with van der Waals surface area (Å²) in [6.45, 7) is 5.81. The van der Waals surface area contributed by atoms with Crippen molar-refractivity contribution in [3.8, 4) is 0 Å². The summed E-state index contributed by atoms with van der Waals surface area (Å²) >= 11 is 2.05. The van der Waals surface area contributed by atoms with Gasteiger partial charge in [0, 0.05) is 6.54 Å². The number of esters is 1. The van der Waals surface area contributed by atoms with Crippen molar-refractivity contribution in [2.75, 3.05) is 17.7 Å². The van der Waals surface area contributed by atoms with E-state index in [4.69, 9.17) is 10.5 Å². The first-order chi connectivity index (χ1) is 15.8. The average molecular weight is 489 g/mol. The van der Waals surface area contributed by atoms with E-state index in [0.29, 0.717) is 28.2 Å². The maximum absolute atomic E-state index is 12.9. The molecule has 0 fully saturated rings. The Kier molecular flexibility index (Phi) is 7.88. The molecule has 0 saturated carbocycles. The SMILES string of the molecule is CCCn1c(SCC(=O)Nc2sc(C(N)=O)c(C)c2C(=O)OCC)nc2ccccc2c1=O. The van der Waals surface area contributed by atoms with E-state index in [-0.39, 0.29) is 33.4 Å². The number of para-hydroxylation sites is 1. The number of nitrogens with two attached hydrogens (primary N) is 1. The summed E-state index contributed by atoms with van der Waals surface area (Å²) < 4.78 is 6.62. The zero-order valence-corrected chi connectivity index (χ0v) is 20.1. The number of hydrogen-bond donors (Lipinski definition) is 2. The lowest BCUT2D eigenvalue weighted by Gasteiger charge is -2.12. The van der Waals surface area contributed by atoms with E-state index in [1.54, 1.807) is 42.7 Å². The van der Waals surface area contributed by atoms with Crippen molar-refractivity contribution in [3.05, 3.63) is 50.6 Å². The first-order valence-corrected chi connectivity index (χ1v) is 12.1. The van der Waals surface area contributed by atoms with E-state index in [0.717, 1.165) is 29.5 Å². The Morgan fingerprint density at radius 3 is 2.64 bits per heavy atom. The third-order valence-electron chi connectivity index (χ3n) is 4.71. The summed E-state index contributed by atoms with van der Waals surface area (Å²) in [6.07, 6.45) is 0.729. The number of nitrogens with one attached hydrogen (secondary N) is 1. The summed E-state index contributed by atoms with van der Waals surface area (Å²) in [4.78, 5) is 54.4. The lowest BCUT2D eigenvalue weighted by atomic mass is 10.1. The topological polar surface area (TPSA) is 133 Å². The third-order valence-corrected chi connectivity index (χ3v) is 6.91. The summed E-state index contributed by atoms with van der Waals surface area (Å²) in [6, 6.07) is 7.06. The predicted molar refractivity (Wildman–Crippen MR) is 129 cm³/mol. The fourth-order valence-electron chi connectivity index (χ4n) is 3.26. The molecule has 0 aliphatic rings. The highest BCUT2D eigenvalue weighted by molar-refractivity contribution is 7.99. The Morgan fingerprint density at radius 1 is 1.24 bits per heavy atom. The molecule has 0 aliphatic heterocycles. The Labute approximate surface area is 198 Å². The maximum Gasteiger partial charge on any atom is 0.341 e. The molecule has 0 atom stereocenters. The minimum atomic E-state index is -0.693. The van der Waals surface area contributed by atoms with Crippen molar-refractivity contribution in [2.24, 2.45) is 5.73 Å². The van der Waals surface area contributed by atoms with Crippen LogP contribution >= 0.6 is 23.1 Å². The van der Waals surface area contributed by atoms with Crippen LogP contribution in [0.1, 0.15) is 45.9 Å². The van der Waals surface area contributed by atoms with Crippen LogP contribution in [0.15, 0.2) is 34.2 Å². The molecular weight excluding hydrogens is 464 g/mol. The van der Waals surface area contributed by atoms with Gasteiger partial charge in [-0.05, 0) is 38.0 Å². The standard InChI is InChI=1S/C22H24N4O5S2/c1-4-10-26-20(29)13-8-6-7-9-14(13)24-22(26)32-11-15(27)25-19-16(21(30)31-5-2)12(3)17(33-19)18(23)28/h6-9H,4-5,10-11H2,1-3H3,(H2,23,28)(H,25,27). The summed E-state index contributed by atoms with van der Waals surface area (Å²) in [7, 11) is 0. The summed E-state index contributed by atoms with van der Waals surface area (Å²) in [5.74, 6) is -1.82. The van der Waals surface area contributed by atoms with Crippen LogP contribution in [0.25, 0.3) is 10.9 Å². The van der Waals surface area contributed by atoms with Crippen LogP contribution < -0.4 is 16.6 Å². The van der Waals surface area contributed by atoms with E-state index in [1.165, 1.54) is 0 Å². The number of ether oxygens (including phenoxy) is 1. The molecule has 0 aliphatic carbocycles. The number of benzene rings is 1. The molecule has 0 saturated heterocycles. The monoisotopic (exact) mass is 488 g/mol. The molecule has 0 bridgehead atoms. The van der Waals surface area contributed by atoms with E-state index >= 15 is 0 Å². The normalized spacial score (nSPS) is 10.9. The van der Waals surface area contributed by atoms with Gasteiger partial charge < -0.3 is 15.8 Å². The molecule has 0 spiro atoms. The van der Waals surface area contributed by atoms with Crippen LogP contribution in [0.2, 0.25) is 0 Å². The Morgan fingerprint density at radius 2 is 1.97 bits per heavy atom. The van der Waals surface area contributed by atoms with Gasteiger partial charge in [0.1, 0.15) is 5.00 Å².